The summed E-state index contributed by atoms with van der Waals surface area (Å²) in [5.41, 5.74) is 2.46. The molecule has 30 heavy (non-hydrogen) atoms. The summed E-state index contributed by atoms with van der Waals surface area (Å²) in [6.07, 6.45) is 2.15. The summed E-state index contributed by atoms with van der Waals surface area (Å²) in [7, 11) is 1.68. The van der Waals surface area contributed by atoms with Crippen molar-refractivity contribution >= 4 is 5.69 Å². The van der Waals surface area contributed by atoms with Crippen LogP contribution in [0.4, 0.5) is 5.69 Å². The predicted molar refractivity (Wildman–Crippen MR) is 118 cm³/mol. The van der Waals surface area contributed by atoms with E-state index in [1.54, 1.807) is 7.11 Å². The quantitative estimate of drug-likeness (QED) is 0.572. The van der Waals surface area contributed by atoms with E-state index in [1.165, 1.54) is 5.69 Å². The molecule has 0 amide bonds. The SMILES string of the molecule is CCC[C@@H](c1nnnn1Cc1ccc(OC)cc1)N1CCN(c2ccccc2)CC1. The highest BCUT2D eigenvalue weighted by Crippen LogP contribution is 2.27. The molecule has 0 aliphatic carbocycles. The van der Waals surface area contributed by atoms with Crippen molar-refractivity contribution in [1.29, 1.82) is 0 Å². The van der Waals surface area contributed by atoms with Gasteiger partial charge in [0, 0.05) is 31.9 Å². The Kier molecular flexibility index (Phi) is 6.59. The normalized spacial score (nSPS) is 15.9. The average molecular weight is 407 g/mol. The maximum atomic E-state index is 5.26. The van der Waals surface area contributed by atoms with Gasteiger partial charge < -0.3 is 9.64 Å². The predicted octanol–water partition coefficient (Wildman–Crippen LogP) is 3.39. The molecule has 0 radical (unpaired) electrons. The fourth-order valence-electron chi connectivity index (χ4n) is 4.15. The fourth-order valence-corrected chi connectivity index (χ4v) is 4.15. The first-order valence-electron chi connectivity index (χ1n) is 10.7. The summed E-state index contributed by atoms with van der Waals surface area (Å²) in [5, 5.41) is 12.8. The van der Waals surface area contributed by atoms with E-state index < -0.39 is 0 Å². The zero-order chi connectivity index (χ0) is 20.8. The lowest BCUT2D eigenvalue weighted by Gasteiger charge is -2.39. The van der Waals surface area contributed by atoms with Gasteiger partial charge in [0.25, 0.3) is 0 Å². The third-order valence-electron chi connectivity index (χ3n) is 5.79. The molecular weight excluding hydrogens is 376 g/mol. The summed E-state index contributed by atoms with van der Waals surface area (Å²) in [4.78, 5) is 5.00. The van der Waals surface area contributed by atoms with Gasteiger partial charge in [-0.25, -0.2) is 4.68 Å². The molecule has 7 nitrogen and oxygen atoms in total. The van der Waals surface area contributed by atoms with Gasteiger partial charge in [-0.15, -0.1) is 5.10 Å². The number of nitrogens with zero attached hydrogens (tertiary/aromatic N) is 6. The number of hydrogen-bond acceptors (Lipinski definition) is 6. The van der Waals surface area contributed by atoms with E-state index in [9.17, 15) is 0 Å². The van der Waals surface area contributed by atoms with E-state index in [0.717, 1.165) is 56.2 Å². The lowest BCUT2D eigenvalue weighted by Crippen LogP contribution is -2.48. The van der Waals surface area contributed by atoms with Crippen LogP contribution in [-0.4, -0.2) is 58.4 Å². The van der Waals surface area contributed by atoms with E-state index >= 15 is 0 Å². The Hall–Kier alpha value is -2.93. The van der Waals surface area contributed by atoms with Crippen LogP contribution in [0.3, 0.4) is 0 Å². The molecule has 1 saturated heterocycles. The molecule has 0 N–H and O–H groups in total. The maximum Gasteiger partial charge on any atom is 0.168 e. The monoisotopic (exact) mass is 406 g/mol. The van der Waals surface area contributed by atoms with Crippen molar-refractivity contribution in [3.63, 3.8) is 0 Å². The zero-order valence-corrected chi connectivity index (χ0v) is 17.8. The molecule has 3 aromatic rings. The first-order chi connectivity index (χ1) is 14.8. The third-order valence-corrected chi connectivity index (χ3v) is 5.79. The molecule has 2 heterocycles. The first-order valence-corrected chi connectivity index (χ1v) is 10.7. The van der Waals surface area contributed by atoms with Gasteiger partial charge in [0.2, 0.25) is 0 Å². The highest BCUT2D eigenvalue weighted by atomic mass is 16.5. The smallest absolute Gasteiger partial charge is 0.168 e. The van der Waals surface area contributed by atoms with Gasteiger partial charge in [-0.1, -0.05) is 43.7 Å². The van der Waals surface area contributed by atoms with E-state index in [1.807, 2.05) is 16.8 Å². The highest BCUT2D eigenvalue weighted by Gasteiger charge is 2.28. The molecule has 1 aliphatic rings. The van der Waals surface area contributed by atoms with Crippen LogP contribution in [0.15, 0.2) is 54.6 Å². The Morgan fingerprint density at radius 2 is 1.70 bits per heavy atom. The second kappa shape index (κ2) is 9.71. The number of aromatic nitrogens is 4. The van der Waals surface area contributed by atoms with E-state index in [2.05, 4.69) is 74.7 Å². The van der Waals surface area contributed by atoms with Crippen LogP contribution in [0.5, 0.6) is 5.75 Å². The van der Waals surface area contributed by atoms with Gasteiger partial charge in [0.05, 0.1) is 19.7 Å². The number of piperazine rings is 1. The van der Waals surface area contributed by atoms with Crippen LogP contribution in [0.2, 0.25) is 0 Å². The van der Waals surface area contributed by atoms with Gasteiger partial charge in [-0.05, 0) is 46.7 Å². The van der Waals surface area contributed by atoms with E-state index in [0.29, 0.717) is 6.54 Å². The van der Waals surface area contributed by atoms with Crippen LogP contribution in [0, 0.1) is 0 Å². The molecule has 1 aromatic heterocycles. The molecule has 1 aliphatic heterocycles. The molecule has 7 heteroatoms. The third kappa shape index (κ3) is 4.62. The second-order valence-corrected chi connectivity index (χ2v) is 7.71. The van der Waals surface area contributed by atoms with Crippen molar-refractivity contribution in [1.82, 2.24) is 25.1 Å². The number of tetrazole rings is 1. The largest absolute Gasteiger partial charge is 0.497 e. The Labute approximate surface area is 178 Å². The standard InChI is InChI=1S/C23H30N6O/c1-3-7-22(28-16-14-27(15-17-28)20-8-5-4-6-9-20)23-24-25-26-29(23)18-19-10-12-21(30-2)13-11-19/h4-6,8-13,22H,3,7,14-18H2,1-2H3/t22-/m0/s1. The topological polar surface area (TPSA) is 59.3 Å². The van der Waals surface area contributed by atoms with E-state index in [-0.39, 0.29) is 6.04 Å². The van der Waals surface area contributed by atoms with Crippen molar-refractivity contribution in [3.05, 3.63) is 66.0 Å². The number of hydrogen-bond donors (Lipinski definition) is 0. The molecular formula is C23H30N6O. The summed E-state index contributed by atoms with van der Waals surface area (Å²) < 4.78 is 7.21. The summed E-state index contributed by atoms with van der Waals surface area (Å²) >= 11 is 0. The number of benzene rings is 2. The van der Waals surface area contributed by atoms with Crippen LogP contribution in [0.25, 0.3) is 0 Å². The number of rotatable bonds is 8. The Morgan fingerprint density at radius 1 is 0.967 bits per heavy atom. The van der Waals surface area contributed by atoms with Gasteiger partial charge in [0.15, 0.2) is 5.82 Å². The highest BCUT2D eigenvalue weighted by molar-refractivity contribution is 5.46. The van der Waals surface area contributed by atoms with Gasteiger partial charge in [0.1, 0.15) is 5.75 Å². The summed E-state index contributed by atoms with van der Waals surface area (Å²) in [6, 6.07) is 19.0. The minimum atomic E-state index is 0.237. The van der Waals surface area contributed by atoms with E-state index in [4.69, 9.17) is 4.74 Å². The van der Waals surface area contributed by atoms with Crippen molar-refractivity contribution in [2.24, 2.45) is 0 Å². The molecule has 0 bridgehead atoms. The Morgan fingerprint density at radius 3 is 2.37 bits per heavy atom. The van der Waals surface area contributed by atoms with Crippen LogP contribution in [-0.2, 0) is 6.54 Å². The van der Waals surface area contributed by atoms with Gasteiger partial charge in [-0.2, -0.15) is 0 Å². The van der Waals surface area contributed by atoms with Crippen molar-refractivity contribution in [2.75, 3.05) is 38.2 Å². The molecule has 2 aromatic carbocycles. The first kappa shape index (κ1) is 20.3. The van der Waals surface area contributed by atoms with Crippen LogP contribution < -0.4 is 9.64 Å². The van der Waals surface area contributed by atoms with Crippen LogP contribution in [0.1, 0.15) is 37.2 Å². The molecule has 0 saturated carbocycles. The Bertz CT molecular complexity index is 903. The Balaban J connectivity index is 1.46. The molecule has 0 unspecified atom stereocenters. The summed E-state index contributed by atoms with van der Waals surface area (Å²) in [6.45, 7) is 6.94. The lowest BCUT2D eigenvalue weighted by molar-refractivity contribution is 0.164. The molecule has 1 fully saturated rings. The van der Waals surface area contributed by atoms with Gasteiger partial charge in [-0.3, -0.25) is 4.90 Å². The number of ether oxygens (including phenoxy) is 1. The molecule has 158 valence electrons. The molecule has 1 atom stereocenters. The minimum absolute atomic E-state index is 0.237. The number of para-hydroxylation sites is 1. The number of anilines is 1. The molecule has 0 spiro atoms. The van der Waals surface area contributed by atoms with Crippen molar-refractivity contribution < 1.29 is 4.74 Å². The number of methoxy groups -OCH3 is 1. The maximum absolute atomic E-state index is 5.26. The van der Waals surface area contributed by atoms with Crippen molar-refractivity contribution in [2.45, 2.75) is 32.4 Å². The van der Waals surface area contributed by atoms with Gasteiger partial charge >= 0.3 is 0 Å². The van der Waals surface area contributed by atoms with Crippen LogP contribution >= 0.6 is 0 Å². The molecule has 4 rings (SSSR count). The average Bonchev–Trinajstić information content (AvgIpc) is 3.26. The lowest BCUT2D eigenvalue weighted by atomic mass is 10.1. The fraction of sp³-hybridized carbons (Fsp3) is 0.435. The van der Waals surface area contributed by atoms with Crippen molar-refractivity contribution in [3.8, 4) is 5.75 Å². The zero-order valence-electron chi connectivity index (χ0n) is 17.8. The second-order valence-electron chi connectivity index (χ2n) is 7.71. The minimum Gasteiger partial charge on any atom is -0.497 e. The summed E-state index contributed by atoms with van der Waals surface area (Å²) in [5.74, 6) is 1.82.